The molecule has 1 fully saturated rings. The molecule has 0 radical (unpaired) electrons. The molecule has 1 saturated carbocycles. The van der Waals surface area contributed by atoms with Gasteiger partial charge in [0.2, 0.25) is 0 Å². The lowest BCUT2D eigenvalue weighted by atomic mass is 9.83. The summed E-state index contributed by atoms with van der Waals surface area (Å²) < 4.78 is 5.59. The molecule has 0 saturated heterocycles. The highest BCUT2D eigenvalue weighted by atomic mass is 16.5. The van der Waals surface area contributed by atoms with Gasteiger partial charge in [-0.2, -0.15) is 0 Å². The molecular formula is C17H25NO3. The van der Waals surface area contributed by atoms with Crippen LogP contribution >= 0.6 is 0 Å². The zero-order valence-electron chi connectivity index (χ0n) is 12.7. The summed E-state index contributed by atoms with van der Waals surface area (Å²) in [5.74, 6) is 1.52. The molecular weight excluding hydrogens is 266 g/mol. The first-order valence-corrected chi connectivity index (χ1v) is 7.82. The van der Waals surface area contributed by atoms with Gasteiger partial charge in [0.05, 0.1) is 5.56 Å². The van der Waals surface area contributed by atoms with E-state index in [1.165, 1.54) is 25.7 Å². The second-order valence-corrected chi connectivity index (χ2v) is 6.01. The lowest BCUT2D eigenvalue weighted by Gasteiger charge is -2.26. The van der Waals surface area contributed by atoms with Crippen LogP contribution in [0.4, 0.5) is 0 Å². The Hall–Kier alpha value is -1.55. The highest BCUT2D eigenvalue weighted by molar-refractivity contribution is 5.87. The third-order valence-corrected chi connectivity index (χ3v) is 4.22. The normalized spacial score (nSPS) is 22.0. The van der Waals surface area contributed by atoms with E-state index >= 15 is 0 Å². The Labute approximate surface area is 126 Å². The summed E-state index contributed by atoms with van der Waals surface area (Å²) >= 11 is 0. The van der Waals surface area contributed by atoms with Crippen LogP contribution in [0.5, 0.6) is 5.75 Å². The number of aromatic carboxylic acids is 1. The summed E-state index contributed by atoms with van der Waals surface area (Å²) in [6, 6.07) is 6.53. The van der Waals surface area contributed by atoms with E-state index < -0.39 is 5.97 Å². The fraction of sp³-hybridized carbons (Fsp3) is 0.588. The van der Waals surface area contributed by atoms with Gasteiger partial charge in [0.25, 0.3) is 0 Å². The van der Waals surface area contributed by atoms with Crippen molar-refractivity contribution in [2.45, 2.75) is 32.6 Å². The fourth-order valence-corrected chi connectivity index (χ4v) is 2.77. The van der Waals surface area contributed by atoms with E-state index in [9.17, 15) is 4.79 Å². The third-order valence-electron chi connectivity index (χ3n) is 4.22. The standard InChI is InChI=1S/C17H25NO3/c1-13-2-4-14(5-3-13)12-18-10-11-21-16-8-6-15(7-9-16)17(19)20/h6-9,13-14,18H,2-5,10-12H2,1H3,(H,19,20). The van der Waals surface area contributed by atoms with Gasteiger partial charge >= 0.3 is 5.97 Å². The van der Waals surface area contributed by atoms with Gasteiger partial charge in [-0.05, 0) is 55.5 Å². The molecule has 0 atom stereocenters. The van der Waals surface area contributed by atoms with Gasteiger partial charge < -0.3 is 15.2 Å². The number of ether oxygens (including phenoxy) is 1. The molecule has 2 rings (SSSR count). The molecule has 21 heavy (non-hydrogen) atoms. The SMILES string of the molecule is CC1CCC(CNCCOc2ccc(C(=O)O)cc2)CC1. The molecule has 2 N–H and O–H groups in total. The molecule has 1 aliphatic rings. The van der Waals surface area contributed by atoms with Crippen molar-refractivity contribution in [2.24, 2.45) is 11.8 Å². The number of carbonyl (C=O) groups is 1. The van der Waals surface area contributed by atoms with Crippen LogP contribution in [0.15, 0.2) is 24.3 Å². The van der Waals surface area contributed by atoms with Gasteiger partial charge in [-0.1, -0.05) is 19.8 Å². The van der Waals surface area contributed by atoms with Crippen molar-refractivity contribution in [3.05, 3.63) is 29.8 Å². The second-order valence-electron chi connectivity index (χ2n) is 6.01. The lowest BCUT2D eigenvalue weighted by Crippen LogP contribution is -2.29. The van der Waals surface area contributed by atoms with Gasteiger partial charge in [0.1, 0.15) is 12.4 Å². The Morgan fingerprint density at radius 3 is 2.52 bits per heavy atom. The Morgan fingerprint density at radius 1 is 1.24 bits per heavy atom. The van der Waals surface area contributed by atoms with Crippen molar-refractivity contribution >= 4 is 5.97 Å². The number of hydrogen-bond donors (Lipinski definition) is 2. The smallest absolute Gasteiger partial charge is 0.335 e. The minimum Gasteiger partial charge on any atom is -0.492 e. The van der Waals surface area contributed by atoms with Gasteiger partial charge in [-0.15, -0.1) is 0 Å². The van der Waals surface area contributed by atoms with Crippen molar-refractivity contribution in [1.29, 1.82) is 0 Å². The predicted molar refractivity (Wildman–Crippen MR) is 82.9 cm³/mol. The average Bonchev–Trinajstić information content (AvgIpc) is 2.49. The monoisotopic (exact) mass is 291 g/mol. The van der Waals surface area contributed by atoms with E-state index in [2.05, 4.69) is 12.2 Å². The summed E-state index contributed by atoms with van der Waals surface area (Å²) in [7, 11) is 0. The third kappa shape index (κ3) is 5.38. The Bertz CT molecular complexity index is 436. The van der Waals surface area contributed by atoms with E-state index in [1.54, 1.807) is 24.3 Å². The van der Waals surface area contributed by atoms with Crippen LogP contribution in [-0.4, -0.2) is 30.8 Å². The number of carboxylic acids is 1. The van der Waals surface area contributed by atoms with Crippen molar-refractivity contribution in [1.82, 2.24) is 5.32 Å². The number of hydrogen-bond acceptors (Lipinski definition) is 3. The summed E-state index contributed by atoms with van der Waals surface area (Å²) in [5.41, 5.74) is 0.284. The minimum absolute atomic E-state index is 0.284. The fourth-order valence-electron chi connectivity index (χ4n) is 2.77. The van der Waals surface area contributed by atoms with Gasteiger partial charge in [-0.25, -0.2) is 4.79 Å². The van der Waals surface area contributed by atoms with E-state index in [4.69, 9.17) is 9.84 Å². The van der Waals surface area contributed by atoms with Crippen molar-refractivity contribution in [3.8, 4) is 5.75 Å². The molecule has 1 aromatic carbocycles. The van der Waals surface area contributed by atoms with E-state index in [-0.39, 0.29) is 5.56 Å². The van der Waals surface area contributed by atoms with Crippen molar-refractivity contribution in [2.75, 3.05) is 19.7 Å². The molecule has 1 aromatic rings. The maximum Gasteiger partial charge on any atom is 0.335 e. The van der Waals surface area contributed by atoms with Crippen LogP contribution in [0, 0.1) is 11.8 Å². The first-order valence-electron chi connectivity index (χ1n) is 7.82. The minimum atomic E-state index is -0.912. The molecule has 0 amide bonds. The zero-order valence-corrected chi connectivity index (χ0v) is 12.7. The predicted octanol–water partition coefficient (Wildman–Crippen LogP) is 3.18. The molecule has 0 unspecified atom stereocenters. The highest BCUT2D eigenvalue weighted by Gasteiger charge is 2.17. The summed E-state index contributed by atoms with van der Waals surface area (Å²) in [6.07, 6.45) is 5.40. The Morgan fingerprint density at radius 2 is 1.90 bits per heavy atom. The van der Waals surface area contributed by atoms with Gasteiger partial charge in [-0.3, -0.25) is 0 Å². The maximum absolute atomic E-state index is 10.7. The number of carboxylic acid groups (broad SMARTS) is 1. The van der Waals surface area contributed by atoms with Gasteiger partial charge in [0, 0.05) is 6.54 Å². The van der Waals surface area contributed by atoms with Crippen LogP contribution in [0.2, 0.25) is 0 Å². The Balaban J connectivity index is 1.58. The summed E-state index contributed by atoms with van der Waals surface area (Å²) in [4.78, 5) is 10.7. The highest BCUT2D eigenvalue weighted by Crippen LogP contribution is 2.27. The molecule has 0 bridgehead atoms. The molecule has 0 spiro atoms. The molecule has 0 heterocycles. The lowest BCUT2D eigenvalue weighted by molar-refractivity contribution is 0.0697. The second kappa shape index (κ2) is 8.03. The van der Waals surface area contributed by atoms with Crippen LogP contribution < -0.4 is 10.1 Å². The molecule has 116 valence electrons. The Kier molecular flexibility index (Phi) is 6.05. The van der Waals surface area contributed by atoms with Crippen molar-refractivity contribution in [3.63, 3.8) is 0 Å². The number of rotatable bonds is 7. The number of nitrogens with one attached hydrogen (secondary N) is 1. The first kappa shape index (κ1) is 15.8. The van der Waals surface area contributed by atoms with E-state index in [0.717, 1.165) is 24.9 Å². The summed E-state index contributed by atoms with van der Waals surface area (Å²) in [5, 5.41) is 12.3. The first-order chi connectivity index (χ1) is 10.1. The van der Waals surface area contributed by atoms with E-state index in [0.29, 0.717) is 12.4 Å². The zero-order chi connectivity index (χ0) is 15.1. The van der Waals surface area contributed by atoms with Gasteiger partial charge in [0.15, 0.2) is 0 Å². The van der Waals surface area contributed by atoms with E-state index in [1.807, 2.05) is 0 Å². The molecule has 0 aliphatic heterocycles. The van der Waals surface area contributed by atoms with Crippen LogP contribution in [0.1, 0.15) is 43.0 Å². The van der Waals surface area contributed by atoms with Crippen molar-refractivity contribution < 1.29 is 14.6 Å². The van der Waals surface area contributed by atoms with Crippen LogP contribution in [-0.2, 0) is 0 Å². The molecule has 4 nitrogen and oxygen atoms in total. The maximum atomic E-state index is 10.7. The topological polar surface area (TPSA) is 58.6 Å². The van der Waals surface area contributed by atoms with Crippen LogP contribution in [0.25, 0.3) is 0 Å². The molecule has 4 heteroatoms. The summed E-state index contributed by atoms with van der Waals surface area (Å²) in [6.45, 7) is 4.85. The average molecular weight is 291 g/mol. The quantitative estimate of drug-likeness (QED) is 0.758. The number of benzene rings is 1. The molecule has 0 aromatic heterocycles. The largest absolute Gasteiger partial charge is 0.492 e. The molecule has 1 aliphatic carbocycles. The van der Waals surface area contributed by atoms with Crippen LogP contribution in [0.3, 0.4) is 0 Å².